The van der Waals surface area contributed by atoms with E-state index >= 15 is 0 Å². The second kappa shape index (κ2) is 8.11. The van der Waals surface area contributed by atoms with Crippen molar-refractivity contribution in [3.05, 3.63) is 83.8 Å². The van der Waals surface area contributed by atoms with Crippen LogP contribution in [0.3, 0.4) is 0 Å². The zero-order valence-corrected chi connectivity index (χ0v) is 19.0. The van der Waals surface area contributed by atoms with E-state index in [2.05, 4.69) is 10.1 Å². The molecule has 0 amide bonds. The Kier molecular flexibility index (Phi) is 5.49. The zero-order chi connectivity index (χ0) is 22.3. The van der Waals surface area contributed by atoms with Gasteiger partial charge in [0.25, 0.3) is 5.56 Å². The first-order chi connectivity index (χ1) is 14.8. The molecule has 0 bridgehead atoms. The van der Waals surface area contributed by atoms with E-state index in [4.69, 9.17) is 4.74 Å². The second-order valence-electron chi connectivity index (χ2n) is 7.42. The molecular formula is C23H24N4O3S. The van der Waals surface area contributed by atoms with Crippen molar-refractivity contribution >= 4 is 23.4 Å². The van der Waals surface area contributed by atoms with Crippen LogP contribution in [0.25, 0.3) is 6.08 Å². The summed E-state index contributed by atoms with van der Waals surface area (Å²) in [6.45, 7) is 7.69. The third-order valence-electron chi connectivity index (χ3n) is 5.47. The van der Waals surface area contributed by atoms with E-state index in [1.807, 2.05) is 57.3 Å². The number of benzene rings is 1. The minimum atomic E-state index is -0.588. The Morgan fingerprint density at radius 3 is 2.55 bits per heavy atom. The number of carbonyl (C=O) groups excluding carboxylic acids is 1. The predicted molar refractivity (Wildman–Crippen MR) is 120 cm³/mol. The first kappa shape index (κ1) is 21.0. The average Bonchev–Trinajstić information content (AvgIpc) is 3.17. The van der Waals surface area contributed by atoms with E-state index in [1.165, 1.54) is 11.3 Å². The van der Waals surface area contributed by atoms with Crippen LogP contribution in [0.2, 0.25) is 0 Å². The van der Waals surface area contributed by atoms with Crippen molar-refractivity contribution in [1.82, 2.24) is 14.3 Å². The number of carbonyl (C=O) groups is 1. The van der Waals surface area contributed by atoms with Gasteiger partial charge in [-0.1, -0.05) is 41.7 Å². The highest BCUT2D eigenvalue weighted by atomic mass is 32.1. The van der Waals surface area contributed by atoms with E-state index in [1.54, 1.807) is 23.1 Å². The Balaban J connectivity index is 1.99. The van der Waals surface area contributed by atoms with Gasteiger partial charge < -0.3 is 4.74 Å². The van der Waals surface area contributed by atoms with Crippen LogP contribution in [0.1, 0.15) is 42.4 Å². The fourth-order valence-electron chi connectivity index (χ4n) is 3.87. The van der Waals surface area contributed by atoms with Crippen molar-refractivity contribution in [3.63, 3.8) is 0 Å². The first-order valence-electron chi connectivity index (χ1n) is 10.1. The average molecular weight is 437 g/mol. The molecule has 3 heterocycles. The molecule has 0 spiro atoms. The lowest BCUT2D eigenvalue weighted by molar-refractivity contribution is -0.139. The van der Waals surface area contributed by atoms with Crippen molar-refractivity contribution in [2.45, 2.75) is 33.7 Å². The molecule has 3 aromatic rings. The molecule has 0 N–H and O–H groups in total. The number of allylic oxidation sites excluding steroid dienone is 1. The van der Waals surface area contributed by atoms with Gasteiger partial charge in [-0.25, -0.2) is 9.79 Å². The Bertz CT molecular complexity index is 1380. The smallest absolute Gasteiger partial charge is 0.338 e. The van der Waals surface area contributed by atoms with Gasteiger partial charge >= 0.3 is 5.97 Å². The van der Waals surface area contributed by atoms with Crippen LogP contribution in [-0.4, -0.2) is 26.9 Å². The predicted octanol–water partition coefficient (Wildman–Crippen LogP) is 2.15. The number of fused-ring (bicyclic) bond motifs is 1. The minimum absolute atomic E-state index is 0.186. The van der Waals surface area contributed by atoms with Crippen LogP contribution in [0.15, 0.2) is 51.4 Å². The molecule has 8 heteroatoms. The molecule has 1 atom stereocenters. The molecule has 0 aliphatic carbocycles. The molecule has 160 valence electrons. The fraction of sp³-hybridized carbons (Fsp3) is 0.304. The molecule has 1 aliphatic rings. The zero-order valence-electron chi connectivity index (χ0n) is 18.2. The lowest BCUT2D eigenvalue weighted by Gasteiger charge is -2.24. The van der Waals surface area contributed by atoms with Gasteiger partial charge in [-0.3, -0.25) is 14.0 Å². The Morgan fingerprint density at radius 2 is 1.94 bits per heavy atom. The van der Waals surface area contributed by atoms with Gasteiger partial charge in [0.2, 0.25) is 0 Å². The molecule has 0 saturated carbocycles. The maximum Gasteiger partial charge on any atom is 0.338 e. The van der Waals surface area contributed by atoms with Crippen molar-refractivity contribution < 1.29 is 9.53 Å². The molecule has 1 aromatic carbocycles. The molecule has 31 heavy (non-hydrogen) atoms. The van der Waals surface area contributed by atoms with Crippen molar-refractivity contribution in [3.8, 4) is 0 Å². The summed E-state index contributed by atoms with van der Waals surface area (Å²) in [4.78, 5) is 31.5. The number of nitrogens with zero attached hydrogens (tertiary/aromatic N) is 4. The molecular weight excluding hydrogens is 412 g/mol. The lowest BCUT2D eigenvalue weighted by atomic mass is 9.96. The van der Waals surface area contributed by atoms with E-state index in [0.717, 1.165) is 22.5 Å². The highest BCUT2D eigenvalue weighted by molar-refractivity contribution is 7.07. The summed E-state index contributed by atoms with van der Waals surface area (Å²) in [6, 6.07) is 8.93. The summed E-state index contributed by atoms with van der Waals surface area (Å²) in [5, 5.41) is 4.44. The highest BCUT2D eigenvalue weighted by Gasteiger charge is 2.33. The summed E-state index contributed by atoms with van der Waals surface area (Å²) in [5.74, 6) is -0.453. The lowest BCUT2D eigenvalue weighted by Crippen LogP contribution is -2.39. The largest absolute Gasteiger partial charge is 0.463 e. The third-order valence-corrected chi connectivity index (χ3v) is 6.46. The van der Waals surface area contributed by atoms with Crippen LogP contribution in [0, 0.1) is 13.8 Å². The first-order valence-corrected chi connectivity index (χ1v) is 10.9. The van der Waals surface area contributed by atoms with E-state index in [0.29, 0.717) is 20.6 Å². The molecule has 1 unspecified atom stereocenters. The summed E-state index contributed by atoms with van der Waals surface area (Å²) < 4.78 is 9.26. The molecule has 0 saturated heterocycles. The van der Waals surface area contributed by atoms with Crippen LogP contribution in [-0.2, 0) is 16.6 Å². The molecule has 0 fully saturated rings. The van der Waals surface area contributed by atoms with Crippen LogP contribution in [0.4, 0.5) is 0 Å². The van der Waals surface area contributed by atoms with Gasteiger partial charge in [-0.15, -0.1) is 0 Å². The molecule has 2 aromatic heterocycles. The van der Waals surface area contributed by atoms with Gasteiger partial charge in [0.05, 0.1) is 34.1 Å². The standard InChI is InChI=1S/C23H24N4O3S/c1-6-30-22(29)19-14(3)24-23-27(20(19)16-10-8-7-9-11-16)21(28)18(31-23)12-17-13(2)25-26(5)15(17)4/h7-12,20H,6H2,1-5H3. The maximum atomic E-state index is 13.5. The number of ether oxygens (including phenoxy) is 1. The van der Waals surface area contributed by atoms with Crippen LogP contribution < -0.4 is 14.9 Å². The van der Waals surface area contributed by atoms with Crippen LogP contribution in [0.5, 0.6) is 0 Å². The van der Waals surface area contributed by atoms with E-state index in [-0.39, 0.29) is 12.2 Å². The summed E-state index contributed by atoms with van der Waals surface area (Å²) in [5.41, 5.74) is 4.36. The Morgan fingerprint density at radius 1 is 1.23 bits per heavy atom. The maximum absolute atomic E-state index is 13.5. The molecule has 7 nitrogen and oxygen atoms in total. The Labute approximate surface area is 183 Å². The second-order valence-corrected chi connectivity index (χ2v) is 8.43. The van der Waals surface area contributed by atoms with E-state index < -0.39 is 12.0 Å². The number of esters is 1. The monoisotopic (exact) mass is 436 g/mol. The normalized spacial score (nSPS) is 16.3. The molecule has 4 rings (SSSR count). The summed E-state index contributed by atoms with van der Waals surface area (Å²) >= 11 is 1.32. The number of hydrogen-bond acceptors (Lipinski definition) is 6. The fourth-order valence-corrected chi connectivity index (χ4v) is 4.90. The van der Waals surface area contributed by atoms with Gasteiger partial charge in [0, 0.05) is 18.3 Å². The van der Waals surface area contributed by atoms with E-state index in [9.17, 15) is 9.59 Å². The van der Waals surface area contributed by atoms with Gasteiger partial charge in [-0.2, -0.15) is 5.10 Å². The quantitative estimate of drug-likeness (QED) is 0.587. The minimum Gasteiger partial charge on any atom is -0.463 e. The van der Waals surface area contributed by atoms with Crippen molar-refractivity contribution in [2.24, 2.45) is 12.0 Å². The van der Waals surface area contributed by atoms with Crippen molar-refractivity contribution in [2.75, 3.05) is 6.61 Å². The number of hydrogen-bond donors (Lipinski definition) is 0. The third kappa shape index (κ3) is 3.57. The topological polar surface area (TPSA) is 78.5 Å². The van der Waals surface area contributed by atoms with Gasteiger partial charge in [-0.05, 0) is 39.3 Å². The molecule has 1 aliphatic heterocycles. The number of aromatic nitrogens is 3. The Hall–Kier alpha value is -3.26. The van der Waals surface area contributed by atoms with Gasteiger partial charge in [0.1, 0.15) is 0 Å². The van der Waals surface area contributed by atoms with Crippen molar-refractivity contribution in [1.29, 1.82) is 0 Å². The summed E-state index contributed by atoms with van der Waals surface area (Å²) in [6.07, 6.45) is 1.87. The summed E-state index contributed by atoms with van der Waals surface area (Å²) in [7, 11) is 1.88. The van der Waals surface area contributed by atoms with Crippen LogP contribution >= 0.6 is 11.3 Å². The van der Waals surface area contributed by atoms with Gasteiger partial charge in [0.15, 0.2) is 4.80 Å². The number of thiazole rings is 1. The number of rotatable bonds is 4. The SMILES string of the molecule is CCOC(=O)C1=C(C)N=c2sc(=Cc3c(C)nn(C)c3C)c(=O)n2C1c1ccccc1. The highest BCUT2D eigenvalue weighted by Crippen LogP contribution is 2.30. The number of aryl methyl sites for hydroxylation is 2. The molecule has 0 radical (unpaired) electrons.